The Kier molecular flexibility index (Phi) is 2.87. The molecule has 0 saturated heterocycles. The van der Waals surface area contributed by atoms with Crippen molar-refractivity contribution in [1.29, 1.82) is 0 Å². The van der Waals surface area contributed by atoms with Crippen LogP contribution in [0.25, 0.3) is 0 Å². The minimum absolute atomic E-state index is 0.672. The van der Waals surface area contributed by atoms with Gasteiger partial charge in [0.05, 0.1) is 6.54 Å². The Bertz CT molecular complexity index is 387. The highest BCUT2D eigenvalue weighted by Crippen LogP contribution is 2.31. The molecule has 2 N–H and O–H groups in total. The van der Waals surface area contributed by atoms with E-state index in [9.17, 15) is 0 Å². The number of hydrogen-bond donors (Lipinski definition) is 1. The third-order valence-corrected chi connectivity index (χ3v) is 2.86. The minimum atomic E-state index is 0.672. The first kappa shape index (κ1) is 10.4. The van der Waals surface area contributed by atoms with Crippen LogP contribution in [-0.2, 0) is 6.42 Å². The van der Waals surface area contributed by atoms with Gasteiger partial charge in [-0.1, -0.05) is 24.2 Å². The molecule has 0 unspecified atom stereocenters. The number of benzene rings is 1. The molecular weight excluding hydrogens is 208 g/mol. The molecule has 1 heterocycles. The predicted molar refractivity (Wildman–Crippen MR) is 66.4 cm³/mol. The van der Waals surface area contributed by atoms with Gasteiger partial charge in [0.15, 0.2) is 0 Å². The molecule has 0 fully saturated rings. The normalized spacial score (nSPS) is 14.9. The van der Waals surface area contributed by atoms with Crippen molar-refractivity contribution in [3.63, 3.8) is 0 Å². The summed E-state index contributed by atoms with van der Waals surface area (Å²) in [4.78, 5) is 2.24. The minimum Gasteiger partial charge on any atom is -0.398 e. The summed E-state index contributed by atoms with van der Waals surface area (Å²) in [6.07, 6.45) is 2.19. The molecule has 1 aromatic rings. The van der Waals surface area contributed by atoms with Gasteiger partial charge in [0.25, 0.3) is 0 Å². The maximum absolute atomic E-state index is 5.95. The van der Waals surface area contributed by atoms with E-state index in [1.165, 1.54) is 11.3 Å². The Hall–Kier alpha value is -1.15. The second kappa shape index (κ2) is 4.15. The highest BCUT2D eigenvalue weighted by molar-refractivity contribution is 6.29. The number of rotatable bonds is 2. The molecule has 1 aliphatic heterocycles. The number of halogens is 1. The number of fused-ring (bicyclic) bond motifs is 1. The zero-order valence-electron chi connectivity index (χ0n) is 8.67. The van der Waals surface area contributed by atoms with Crippen LogP contribution in [0, 0.1) is 0 Å². The molecule has 0 bridgehead atoms. The third kappa shape index (κ3) is 2.10. The fraction of sp³-hybridized carbons (Fsp3) is 0.333. The second-order valence-corrected chi connectivity index (χ2v) is 4.42. The molecule has 0 atom stereocenters. The summed E-state index contributed by atoms with van der Waals surface area (Å²) in [5.41, 5.74) is 9.30. The van der Waals surface area contributed by atoms with Crippen molar-refractivity contribution < 1.29 is 0 Å². The summed E-state index contributed by atoms with van der Waals surface area (Å²) in [5, 5.41) is 0.672. The maximum atomic E-state index is 5.95. The van der Waals surface area contributed by atoms with Crippen molar-refractivity contribution in [2.45, 2.75) is 12.8 Å². The highest BCUT2D eigenvalue weighted by Gasteiger charge is 2.18. The fourth-order valence-corrected chi connectivity index (χ4v) is 2.24. The van der Waals surface area contributed by atoms with Crippen molar-refractivity contribution in [2.24, 2.45) is 0 Å². The van der Waals surface area contributed by atoms with Crippen LogP contribution in [0.2, 0.25) is 0 Å². The van der Waals surface area contributed by atoms with Crippen molar-refractivity contribution in [3.05, 3.63) is 35.4 Å². The van der Waals surface area contributed by atoms with Crippen molar-refractivity contribution in [1.82, 2.24) is 0 Å². The first-order chi connectivity index (χ1) is 7.18. The van der Waals surface area contributed by atoms with E-state index in [2.05, 4.69) is 17.5 Å². The number of nitrogens with two attached hydrogens (primary N) is 1. The van der Waals surface area contributed by atoms with E-state index in [-0.39, 0.29) is 0 Å². The zero-order valence-corrected chi connectivity index (χ0v) is 9.43. The molecule has 0 saturated carbocycles. The lowest BCUT2D eigenvalue weighted by atomic mass is 10.00. The van der Waals surface area contributed by atoms with Gasteiger partial charge in [0, 0.05) is 23.0 Å². The summed E-state index contributed by atoms with van der Waals surface area (Å²) in [7, 11) is 0. The van der Waals surface area contributed by atoms with Crippen LogP contribution in [0.3, 0.4) is 0 Å². The summed E-state index contributed by atoms with van der Waals surface area (Å²) >= 11 is 5.85. The molecule has 2 rings (SSSR count). The van der Waals surface area contributed by atoms with E-state index in [0.29, 0.717) is 11.6 Å². The summed E-state index contributed by atoms with van der Waals surface area (Å²) < 4.78 is 0. The lowest BCUT2D eigenvalue weighted by Crippen LogP contribution is -2.30. The average molecular weight is 223 g/mol. The van der Waals surface area contributed by atoms with Gasteiger partial charge < -0.3 is 10.6 Å². The van der Waals surface area contributed by atoms with E-state index in [4.69, 9.17) is 17.3 Å². The van der Waals surface area contributed by atoms with E-state index in [0.717, 1.165) is 25.1 Å². The number of nitrogen functional groups attached to an aromatic ring is 1. The van der Waals surface area contributed by atoms with Crippen molar-refractivity contribution in [2.75, 3.05) is 23.7 Å². The van der Waals surface area contributed by atoms with E-state index in [1.54, 1.807) is 0 Å². The van der Waals surface area contributed by atoms with Crippen LogP contribution in [0.1, 0.15) is 12.0 Å². The SMILES string of the molecule is C=C(Cl)CN1CCCc2c(N)cccc21. The molecule has 0 amide bonds. The van der Waals surface area contributed by atoms with Crippen LogP contribution in [0.5, 0.6) is 0 Å². The Morgan fingerprint density at radius 1 is 1.53 bits per heavy atom. The van der Waals surface area contributed by atoms with E-state index < -0.39 is 0 Å². The molecular formula is C12H15ClN2. The zero-order chi connectivity index (χ0) is 10.8. The van der Waals surface area contributed by atoms with Gasteiger partial charge >= 0.3 is 0 Å². The van der Waals surface area contributed by atoms with Crippen LogP contribution in [0.15, 0.2) is 29.8 Å². The topological polar surface area (TPSA) is 29.3 Å². The molecule has 80 valence electrons. The standard InChI is InChI=1S/C12H15ClN2/c1-9(13)8-15-7-3-4-10-11(14)5-2-6-12(10)15/h2,5-6H,1,3-4,7-8,14H2. The Balaban J connectivity index is 2.34. The Morgan fingerprint density at radius 3 is 3.07 bits per heavy atom. The highest BCUT2D eigenvalue weighted by atomic mass is 35.5. The largest absolute Gasteiger partial charge is 0.398 e. The monoisotopic (exact) mass is 222 g/mol. The molecule has 1 aliphatic rings. The van der Waals surface area contributed by atoms with Crippen LogP contribution >= 0.6 is 11.6 Å². The Labute approximate surface area is 95.3 Å². The maximum Gasteiger partial charge on any atom is 0.0530 e. The predicted octanol–water partition coefficient (Wildman–Crippen LogP) is 2.77. The van der Waals surface area contributed by atoms with Gasteiger partial charge in [0.1, 0.15) is 0 Å². The molecule has 0 aromatic heterocycles. The molecule has 0 spiro atoms. The fourth-order valence-electron chi connectivity index (χ4n) is 2.10. The molecule has 3 heteroatoms. The summed E-state index contributed by atoms with van der Waals surface area (Å²) in [5.74, 6) is 0. The molecule has 15 heavy (non-hydrogen) atoms. The molecule has 0 aliphatic carbocycles. The molecule has 1 aromatic carbocycles. The van der Waals surface area contributed by atoms with Crippen LogP contribution in [-0.4, -0.2) is 13.1 Å². The lowest BCUT2D eigenvalue weighted by Gasteiger charge is -2.31. The van der Waals surface area contributed by atoms with Crippen molar-refractivity contribution in [3.8, 4) is 0 Å². The van der Waals surface area contributed by atoms with Gasteiger partial charge in [-0.3, -0.25) is 0 Å². The quantitative estimate of drug-likeness (QED) is 0.780. The first-order valence-electron chi connectivity index (χ1n) is 5.14. The van der Waals surface area contributed by atoms with Crippen LogP contribution in [0.4, 0.5) is 11.4 Å². The molecule has 2 nitrogen and oxygen atoms in total. The van der Waals surface area contributed by atoms with Gasteiger partial charge in [-0.25, -0.2) is 0 Å². The van der Waals surface area contributed by atoms with Crippen molar-refractivity contribution >= 4 is 23.0 Å². The third-order valence-electron chi connectivity index (χ3n) is 2.75. The number of hydrogen-bond acceptors (Lipinski definition) is 2. The molecule has 0 radical (unpaired) electrons. The second-order valence-electron chi connectivity index (χ2n) is 3.89. The van der Waals surface area contributed by atoms with Gasteiger partial charge in [-0.2, -0.15) is 0 Å². The summed E-state index contributed by atoms with van der Waals surface area (Å²) in [6, 6.07) is 6.05. The van der Waals surface area contributed by atoms with Gasteiger partial charge in [0.2, 0.25) is 0 Å². The Morgan fingerprint density at radius 2 is 2.33 bits per heavy atom. The lowest BCUT2D eigenvalue weighted by molar-refractivity contribution is 0.722. The number of nitrogens with zero attached hydrogens (tertiary/aromatic N) is 1. The smallest absolute Gasteiger partial charge is 0.0530 e. The first-order valence-corrected chi connectivity index (χ1v) is 5.52. The average Bonchev–Trinajstić information content (AvgIpc) is 2.19. The van der Waals surface area contributed by atoms with Crippen LogP contribution < -0.4 is 10.6 Å². The summed E-state index contributed by atoms with van der Waals surface area (Å²) in [6.45, 7) is 5.47. The van der Waals surface area contributed by atoms with E-state index in [1.807, 2.05) is 12.1 Å². The van der Waals surface area contributed by atoms with Gasteiger partial charge in [-0.05, 0) is 30.5 Å². The van der Waals surface area contributed by atoms with Gasteiger partial charge in [-0.15, -0.1) is 0 Å². The number of anilines is 2. The van der Waals surface area contributed by atoms with E-state index >= 15 is 0 Å².